The van der Waals surface area contributed by atoms with E-state index in [1.807, 2.05) is 0 Å². The van der Waals surface area contributed by atoms with E-state index in [1.54, 1.807) is 0 Å². The number of rotatable bonds is 1. The molecule has 46 valence electrons. The molecular formula is C4H6O4. The van der Waals surface area contributed by atoms with Crippen LogP contribution in [0.15, 0.2) is 0 Å². The Morgan fingerprint density at radius 1 is 1.62 bits per heavy atom. The van der Waals surface area contributed by atoms with Crippen molar-refractivity contribution in [2.24, 2.45) is 0 Å². The number of hydrogen-bond acceptors (Lipinski definition) is 4. The zero-order valence-electron chi connectivity index (χ0n) is 4.63. The first-order valence-electron chi connectivity index (χ1n) is 2.19. The molecule has 1 saturated heterocycles. The highest BCUT2D eigenvalue weighted by molar-refractivity contribution is 5.66. The minimum absolute atomic E-state index is 0.412. The predicted molar refractivity (Wildman–Crippen MR) is 22.3 cm³/mol. The highest BCUT2D eigenvalue weighted by Crippen LogP contribution is 2.29. The van der Waals surface area contributed by atoms with E-state index in [2.05, 4.69) is 14.5 Å². The van der Waals surface area contributed by atoms with Gasteiger partial charge in [0.2, 0.25) is 0 Å². The van der Waals surface area contributed by atoms with Crippen LogP contribution in [0.3, 0.4) is 0 Å². The van der Waals surface area contributed by atoms with Crippen LogP contribution >= 0.6 is 0 Å². The van der Waals surface area contributed by atoms with Gasteiger partial charge in [-0.15, -0.1) is 0 Å². The molecule has 0 spiro atoms. The highest BCUT2D eigenvalue weighted by atomic mass is 17.4. The molecule has 1 rings (SSSR count). The van der Waals surface area contributed by atoms with Crippen molar-refractivity contribution in [2.75, 3.05) is 0 Å². The van der Waals surface area contributed by atoms with Crippen LogP contribution in [-0.2, 0) is 19.3 Å². The Morgan fingerprint density at radius 2 is 2.12 bits per heavy atom. The van der Waals surface area contributed by atoms with Crippen LogP contribution in [0.1, 0.15) is 13.8 Å². The molecule has 0 radical (unpaired) electrons. The first kappa shape index (κ1) is 5.53. The number of carbonyl (C=O) groups is 1. The fourth-order valence-electron chi connectivity index (χ4n) is 0.354. The Hall–Kier alpha value is -0.610. The lowest BCUT2D eigenvalue weighted by atomic mass is 10.7. The van der Waals surface area contributed by atoms with Crippen LogP contribution in [0.4, 0.5) is 0 Å². The molecule has 0 aromatic rings. The maximum atomic E-state index is 10.1. The molecule has 1 heterocycles. The lowest BCUT2D eigenvalue weighted by Gasteiger charge is -1.96. The first-order chi connectivity index (χ1) is 3.62. The summed E-state index contributed by atoms with van der Waals surface area (Å²) in [6.07, 6.45) is 0. The van der Waals surface area contributed by atoms with Crippen LogP contribution in [0.25, 0.3) is 0 Å². The average Bonchev–Trinajstić information content (AvgIpc) is 2.17. The summed E-state index contributed by atoms with van der Waals surface area (Å²) in [5, 5.41) is 0. The Balaban J connectivity index is 2.29. The van der Waals surface area contributed by atoms with Gasteiger partial charge < -0.3 is 4.74 Å². The summed E-state index contributed by atoms with van der Waals surface area (Å²) < 4.78 is 4.47. The van der Waals surface area contributed by atoms with Crippen molar-refractivity contribution in [3.8, 4) is 0 Å². The highest BCUT2D eigenvalue weighted by Gasteiger charge is 2.47. The van der Waals surface area contributed by atoms with E-state index < -0.39 is 11.9 Å². The molecule has 0 aromatic carbocycles. The zero-order chi connectivity index (χ0) is 6.20. The van der Waals surface area contributed by atoms with Crippen molar-refractivity contribution in [3.63, 3.8) is 0 Å². The summed E-state index contributed by atoms with van der Waals surface area (Å²) in [6.45, 7) is 2.80. The second-order valence-corrected chi connectivity index (χ2v) is 1.62. The Morgan fingerprint density at radius 3 is 2.25 bits per heavy atom. The summed E-state index contributed by atoms with van der Waals surface area (Å²) in [5.74, 6) is -1.49. The third kappa shape index (κ3) is 1.18. The van der Waals surface area contributed by atoms with Gasteiger partial charge in [-0.3, -0.25) is 4.79 Å². The van der Waals surface area contributed by atoms with Gasteiger partial charge in [-0.1, -0.05) is 0 Å². The summed E-state index contributed by atoms with van der Waals surface area (Å²) in [7, 11) is 0. The van der Waals surface area contributed by atoms with Crippen molar-refractivity contribution < 1.29 is 19.3 Å². The molecular weight excluding hydrogens is 112 g/mol. The van der Waals surface area contributed by atoms with E-state index in [-0.39, 0.29) is 0 Å². The molecule has 4 heteroatoms. The number of esters is 1. The third-order valence-corrected chi connectivity index (χ3v) is 0.647. The van der Waals surface area contributed by atoms with Crippen LogP contribution in [0.2, 0.25) is 0 Å². The van der Waals surface area contributed by atoms with E-state index in [0.717, 1.165) is 0 Å². The Labute approximate surface area is 46.3 Å². The van der Waals surface area contributed by atoms with E-state index in [4.69, 9.17) is 0 Å². The number of carbonyl (C=O) groups excluding carboxylic acids is 1. The van der Waals surface area contributed by atoms with Gasteiger partial charge in [0.1, 0.15) is 0 Å². The van der Waals surface area contributed by atoms with E-state index >= 15 is 0 Å². The Bertz CT molecular complexity index is 115. The molecule has 0 unspecified atom stereocenters. The van der Waals surface area contributed by atoms with Gasteiger partial charge in [0, 0.05) is 13.8 Å². The van der Waals surface area contributed by atoms with Gasteiger partial charge in [0.25, 0.3) is 0 Å². The monoisotopic (exact) mass is 118 g/mol. The molecule has 0 saturated carbocycles. The van der Waals surface area contributed by atoms with Gasteiger partial charge in [0.15, 0.2) is 0 Å². The van der Waals surface area contributed by atoms with Crippen LogP contribution in [0, 0.1) is 0 Å². The molecule has 4 nitrogen and oxygen atoms in total. The molecule has 0 amide bonds. The van der Waals surface area contributed by atoms with Crippen LogP contribution < -0.4 is 0 Å². The van der Waals surface area contributed by atoms with Crippen molar-refractivity contribution in [3.05, 3.63) is 0 Å². The fraction of sp³-hybridized carbons (Fsp3) is 0.750. The summed E-state index contributed by atoms with van der Waals surface area (Å²) in [5.41, 5.74) is 0. The predicted octanol–water partition coefficient (Wildman–Crippen LogP) is 0.185. The van der Waals surface area contributed by atoms with Gasteiger partial charge in [-0.25, -0.2) is 0 Å². The second kappa shape index (κ2) is 1.43. The van der Waals surface area contributed by atoms with E-state index in [9.17, 15) is 4.79 Å². The number of ether oxygens (including phenoxy) is 1. The fourth-order valence-corrected chi connectivity index (χ4v) is 0.354. The topological polar surface area (TPSA) is 51.4 Å². The minimum Gasteiger partial charge on any atom is -0.405 e. The molecule has 0 N–H and O–H groups in total. The van der Waals surface area contributed by atoms with Crippen LogP contribution in [-0.4, -0.2) is 11.9 Å². The molecule has 0 aromatic heterocycles. The lowest BCUT2D eigenvalue weighted by Crippen LogP contribution is -2.13. The number of hydrogen-bond donors (Lipinski definition) is 0. The summed E-state index contributed by atoms with van der Waals surface area (Å²) in [6, 6.07) is 0. The largest absolute Gasteiger partial charge is 0.405 e. The summed E-state index contributed by atoms with van der Waals surface area (Å²) >= 11 is 0. The van der Waals surface area contributed by atoms with Gasteiger partial charge in [-0.2, -0.15) is 9.78 Å². The molecule has 1 aliphatic rings. The van der Waals surface area contributed by atoms with E-state index in [1.165, 1.54) is 13.8 Å². The molecule has 0 aliphatic carbocycles. The van der Waals surface area contributed by atoms with Gasteiger partial charge in [-0.05, 0) is 0 Å². The van der Waals surface area contributed by atoms with Crippen molar-refractivity contribution in [1.82, 2.24) is 0 Å². The van der Waals surface area contributed by atoms with Gasteiger partial charge in [0.05, 0.1) is 0 Å². The summed E-state index contributed by atoms with van der Waals surface area (Å²) in [4.78, 5) is 18.6. The maximum Gasteiger partial charge on any atom is 0.380 e. The smallest absolute Gasteiger partial charge is 0.380 e. The second-order valence-electron chi connectivity index (χ2n) is 1.62. The normalized spacial score (nSPS) is 22.2. The third-order valence-electron chi connectivity index (χ3n) is 0.647. The first-order valence-corrected chi connectivity index (χ1v) is 2.19. The van der Waals surface area contributed by atoms with Crippen molar-refractivity contribution in [1.29, 1.82) is 0 Å². The van der Waals surface area contributed by atoms with Crippen molar-refractivity contribution in [2.45, 2.75) is 19.8 Å². The molecule has 0 bridgehead atoms. The zero-order valence-corrected chi connectivity index (χ0v) is 4.63. The quantitative estimate of drug-likeness (QED) is 0.280. The lowest BCUT2D eigenvalue weighted by molar-refractivity contribution is -0.156. The standard InChI is InChI=1S/C4H6O4/c1-3(5)6-4(2)7-8-4/h1-2H3. The Kier molecular flexibility index (Phi) is 0.988. The SMILES string of the molecule is CC(=O)OC1(C)OO1. The molecule has 8 heavy (non-hydrogen) atoms. The maximum absolute atomic E-state index is 10.1. The van der Waals surface area contributed by atoms with Gasteiger partial charge >= 0.3 is 11.9 Å². The molecule has 0 atom stereocenters. The molecule has 1 aliphatic heterocycles. The van der Waals surface area contributed by atoms with E-state index in [0.29, 0.717) is 0 Å². The van der Waals surface area contributed by atoms with Crippen molar-refractivity contribution >= 4 is 5.97 Å². The molecule has 1 fully saturated rings. The minimum atomic E-state index is -1.08. The van der Waals surface area contributed by atoms with Crippen LogP contribution in [0.5, 0.6) is 0 Å². The average molecular weight is 118 g/mol.